The Hall–Kier alpha value is -0.930. The quantitative estimate of drug-likeness (QED) is 0.232. The molecular formula is C12H20O12. The molecule has 2 aliphatic heterocycles. The summed E-state index contributed by atoms with van der Waals surface area (Å²) < 4.78 is 15.0. The van der Waals surface area contributed by atoms with Crippen LogP contribution in [0.5, 0.6) is 0 Å². The topological polar surface area (TPSA) is 207 Å². The number of ether oxygens (including phenoxy) is 3. The average molecular weight is 356 g/mol. The Morgan fingerprint density at radius 3 is 2.08 bits per heavy atom. The van der Waals surface area contributed by atoms with Crippen molar-refractivity contribution in [1.82, 2.24) is 0 Å². The molecule has 12 nitrogen and oxygen atoms in total. The number of carboxylic acids is 1. The predicted octanol–water partition coefficient (Wildman–Crippen LogP) is -5.30. The molecule has 0 aromatic heterocycles. The fraction of sp³-hybridized carbons (Fsp3) is 0.917. The Morgan fingerprint density at radius 1 is 1.00 bits per heavy atom. The van der Waals surface area contributed by atoms with Crippen molar-refractivity contribution in [2.45, 2.75) is 54.8 Å². The fourth-order valence-electron chi connectivity index (χ4n) is 2.62. The summed E-state index contributed by atoms with van der Waals surface area (Å²) in [6.45, 7) is -1.78. The molecule has 0 radical (unpaired) electrons. The lowest BCUT2D eigenvalue weighted by Crippen LogP contribution is -2.63. The Morgan fingerprint density at radius 2 is 1.62 bits per heavy atom. The highest BCUT2D eigenvalue weighted by Crippen LogP contribution is 2.35. The van der Waals surface area contributed by atoms with Gasteiger partial charge in [0.05, 0.1) is 6.61 Å². The van der Waals surface area contributed by atoms with Crippen LogP contribution >= 0.6 is 0 Å². The van der Waals surface area contributed by atoms with Gasteiger partial charge in [-0.25, -0.2) is 4.79 Å². The molecule has 24 heavy (non-hydrogen) atoms. The second kappa shape index (κ2) is 7.13. The third-order valence-electron chi connectivity index (χ3n) is 4.03. The van der Waals surface area contributed by atoms with Gasteiger partial charge in [-0.1, -0.05) is 0 Å². The number of aliphatic hydroxyl groups excluding tert-OH is 7. The minimum Gasteiger partial charge on any atom is -0.479 e. The zero-order valence-electron chi connectivity index (χ0n) is 12.2. The van der Waals surface area contributed by atoms with Crippen LogP contribution in [-0.2, 0) is 19.0 Å². The lowest BCUT2D eigenvalue weighted by molar-refractivity contribution is -0.379. The zero-order valence-corrected chi connectivity index (χ0v) is 12.2. The molecule has 12 heteroatoms. The SMILES string of the molecule is O=C(O)C1O[C@H](O[C@]2(CO)O[C@H](CO)C(O)C2O)C(O)C(O)[C@@H]1O. The van der Waals surface area contributed by atoms with E-state index in [1.807, 2.05) is 0 Å². The lowest BCUT2D eigenvalue weighted by Gasteiger charge is -2.42. The van der Waals surface area contributed by atoms with Gasteiger partial charge in [-0.15, -0.1) is 0 Å². The molecule has 2 saturated heterocycles. The molecule has 2 rings (SSSR count). The summed E-state index contributed by atoms with van der Waals surface area (Å²) in [5.74, 6) is -4.00. The third-order valence-corrected chi connectivity index (χ3v) is 4.03. The van der Waals surface area contributed by atoms with Crippen molar-refractivity contribution in [3.05, 3.63) is 0 Å². The van der Waals surface area contributed by atoms with E-state index in [0.29, 0.717) is 0 Å². The highest BCUT2D eigenvalue weighted by Gasteiger charge is 2.58. The highest BCUT2D eigenvalue weighted by atomic mass is 16.8. The monoisotopic (exact) mass is 356 g/mol. The van der Waals surface area contributed by atoms with Crippen molar-refractivity contribution in [3.63, 3.8) is 0 Å². The van der Waals surface area contributed by atoms with Gasteiger partial charge in [-0.05, 0) is 0 Å². The van der Waals surface area contributed by atoms with Crippen molar-refractivity contribution in [3.8, 4) is 0 Å². The van der Waals surface area contributed by atoms with Gasteiger partial charge in [0, 0.05) is 0 Å². The van der Waals surface area contributed by atoms with Crippen LogP contribution in [0.3, 0.4) is 0 Å². The molecule has 2 fully saturated rings. The summed E-state index contributed by atoms with van der Waals surface area (Å²) in [7, 11) is 0. The number of hydrogen-bond acceptors (Lipinski definition) is 11. The molecule has 0 aliphatic carbocycles. The van der Waals surface area contributed by atoms with Gasteiger partial charge in [0.15, 0.2) is 12.4 Å². The van der Waals surface area contributed by atoms with Gasteiger partial charge >= 0.3 is 5.97 Å². The van der Waals surface area contributed by atoms with Crippen LogP contribution in [0.4, 0.5) is 0 Å². The Kier molecular flexibility index (Phi) is 5.76. The molecule has 9 atom stereocenters. The maximum atomic E-state index is 11.0. The first-order valence-electron chi connectivity index (χ1n) is 7.04. The van der Waals surface area contributed by atoms with E-state index in [2.05, 4.69) is 0 Å². The second-order valence-electron chi connectivity index (χ2n) is 5.60. The van der Waals surface area contributed by atoms with Gasteiger partial charge in [0.2, 0.25) is 5.79 Å². The highest BCUT2D eigenvalue weighted by molar-refractivity contribution is 5.73. The number of hydrogen-bond donors (Lipinski definition) is 8. The zero-order chi connectivity index (χ0) is 18.2. The van der Waals surface area contributed by atoms with Crippen molar-refractivity contribution >= 4 is 5.97 Å². The number of aliphatic carboxylic acids is 1. The Bertz CT molecular complexity index is 459. The van der Waals surface area contributed by atoms with Crippen LogP contribution in [0.1, 0.15) is 0 Å². The fourth-order valence-corrected chi connectivity index (χ4v) is 2.62. The molecule has 2 heterocycles. The minimum atomic E-state index is -2.34. The van der Waals surface area contributed by atoms with Gasteiger partial charge < -0.3 is 55.1 Å². The first kappa shape index (κ1) is 19.4. The van der Waals surface area contributed by atoms with E-state index < -0.39 is 74.0 Å². The molecular weight excluding hydrogens is 336 g/mol. The average Bonchev–Trinajstić information content (AvgIpc) is 2.80. The molecule has 0 bridgehead atoms. The number of carbonyl (C=O) groups is 1. The van der Waals surface area contributed by atoms with E-state index >= 15 is 0 Å². The predicted molar refractivity (Wildman–Crippen MR) is 69.2 cm³/mol. The first-order valence-corrected chi connectivity index (χ1v) is 7.04. The number of carboxylic acid groups (broad SMARTS) is 1. The molecule has 0 aromatic carbocycles. The van der Waals surface area contributed by atoms with Crippen LogP contribution in [0.2, 0.25) is 0 Å². The molecule has 5 unspecified atom stereocenters. The summed E-state index contributed by atoms with van der Waals surface area (Å²) in [6.07, 6.45) is -14.6. The Labute approximate surface area is 135 Å². The van der Waals surface area contributed by atoms with Crippen LogP contribution < -0.4 is 0 Å². The van der Waals surface area contributed by atoms with Crippen molar-refractivity contribution < 1.29 is 59.9 Å². The number of aliphatic hydroxyl groups is 7. The molecule has 2 aliphatic rings. The van der Waals surface area contributed by atoms with Crippen LogP contribution in [0, 0.1) is 0 Å². The molecule has 8 N–H and O–H groups in total. The van der Waals surface area contributed by atoms with E-state index in [1.165, 1.54) is 0 Å². The lowest BCUT2D eigenvalue weighted by atomic mass is 9.98. The molecule has 0 aromatic rings. The van der Waals surface area contributed by atoms with Gasteiger partial charge in [-0.2, -0.15) is 0 Å². The first-order chi connectivity index (χ1) is 11.2. The largest absolute Gasteiger partial charge is 0.479 e. The smallest absolute Gasteiger partial charge is 0.335 e. The number of rotatable bonds is 5. The van der Waals surface area contributed by atoms with E-state index in [4.69, 9.17) is 24.4 Å². The van der Waals surface area contributed by atoms with Crippen molar-refractivity contribution in [2.24, 2.45) is 0 Å². The second-order valence-corrected chi connectivity index (χ2v) is 5.60. The van der Waals surface area contributed by atoms with Gasteiger partial charge in [0.25, 0.3) is 0 Å². The van der Waals surface area contributed by atoms with Crippen LogP contribution in [0.25, 0.3) is 0 Å². The molecule has 0 saturated carbocycles. The van der Waals surface area contributed by atoms with Crippen molar-refractivity contribution in [2.75, 3.05) is 13.2 Å². The summed E-state index contributed by atoms with van der Waals surface area (Å²) in [5, 5.41) is 76.4. The van der Waals surface area contributed by atoms with E-state index in [1.54, 1.807) is 0 Å². The minimum absolute atomic E-state index is 0.726. The van der Waals surface area contributed by atoms with E-state index in [-0.39, 0.29) is 0 Å². The molecule has 140 valence electrons. The van der Waals surface area contributed by atoms with Crippen LogP contribution in [0.15, 0.2) is 0 Å². The summed E-state index contributed by atoms with van der Waals surface area (Å²) in [4.78, 5) is 11.0. The Balaban J connectivity index is 2.22. The normalized spacial score (nSPS) is 49.3. The maximum Gasteiger partial charge on any atom is 0.335 e. The summed E-state index contributed by atoms with van der Waals surface area (Å²) >= 11 is 0. The standard InChI is InChI=1S/C12H20O12/c13-1-3-4(15)9(19)12(2-14,23-3)24-11-7(18)5(16)6(17)8(22-11)10(20)21/h3-9,11,13-19H,1-2H2,(H,20,21)/t3-,4?,5?,6+,7?,8?,9?,11-,12+/m1/s1. The molecule has 0 spiro atoms. The van der Waals surface area contributed by atoms with Crippen LogP contribution in [-0.4, -0.2) is 115 Å². The van der Waals surface area contributed by atoms with Gasteiger partial charge in [0.1, 0.15) is 43.2 Å². The van der Waals surface area contributed by atoms with Crippen molar-refractivity contribution in [1.29, 1.82) is 0 Å². The summed E-state index contributed by atoms with van der Waals surface area (Å²) in [6, 6.07) is 0. The van der Waals surface area contributed by atoms with E-state index in [9.17, 15) is 35.4 Å². The van der Waals surface area contributed by atoms with Gasteiger partial charge in [-0.3, -0.25) is 0 Å². The summed E-state index contributed by atoms with van der Waals surface area (Å²) in [5.41, 5.74) is 0. The molecule has 0 amide bonds. The maximum absolute atomic E-state index is 11.0. The van der Waals surface area contributed by atoms with E-state index in [0.717, 1.165) is 0 Å². The third kappa shape index (κ3) is 3.13.